The highest BCUT2D eigenvalue weighted by Gasteiger charge is 2.32. The third-order valence-electron chi connectivity index (χ3n) is 2.51. The van der Waals surface area contributed by atoms with Gasteiger partial charge in [-0.05, 0) is 6.07 Å². The average molecular weight is 179 g/mol. The number of rotatable bonds is 1. The Kier molecular flexibility index (Phi) is 1.98. The van der Waals surface area contributed by atoms with Gasteiger partial charge in [-0.2, -0.15) is 0 Å². The lowest BCUT2D eigenvalue weighted by Gasteiger charge is -2.33. The maximum Gasteiger partial charge on any atom is 0.124 e. The highest BCUT2D eigenvalue weighted by Crippen LogP contribution is 2.34. The van der Waals surface area contributed by atoms with E-state index in [0.717, 1.165) is 11.3 Å². The largest absolute Gasteiger partial charge is 0.493 e. The molecule has 0 radical (unpaired) electrons. The Hall–Kier alpha value is -1.06. The van der Waals surface area contributed by atoms with E-state index in [1.54, 1.807) is 0 Å². The van der Waals surface area contributed by atoms with Crippen LogP contribution in [-0.2, 0) is 5.54 Å². The number of hydrogen-bond donors (Lipinski definition) is 2. The van der Waals surface area contributed by atoms with Crippen LogP contribution >= 0.6 is 0 Å². The van der Waals surface area contributed by atoms with Gasteiger partial charge in [-0.3, -0.25) is 0 Å². The van der Waals surface area contributed by atoms with Gasteiger partial charge in [0, 0.05) is 12.0 Å². The minimum atomic E-state index is -0.616. The SMILES string of the molecule is NC1(CO)CCOc2ccccc21. The molecule has 0 saturated carbocycles. The van der Waals surface area contributed by atoms with Crippen molar-refractivity contribution < 1.29 is 9.84 Å². The first-order valence-electron chi connectivity index (χ1n) is 4.38. The summed E-state index contributed by atoms with van der Waals surface area (Å²) in [4.78, 5) is 0. The van der Waals surface area contributed by atoms with E-state index in [-0.39, 0.29) is 6.61 Å². The van der Waals surface area contributed by atoms with E-state index >= 15 is 0 Å². The zero-order valence-corrected chi connectivity index (χ0v) is 7.36. The summed E-state index contributed by atoms with van der Waals surface area (Å²) in [5.41, 5.74) is 6.33. The molecule has 1 aromatic rings. The van der Waals surface area contributed by atoms with Gasteiger partial charge >= 0.3 is 0 Å². The van der Waals surface area contributed by atoms with Crippen LogP contribution in [0.3, 0.4) is 0 Å². The Morgan fingerprint density at radius 1 is 1.46 bits per heavy atom. The van der Waals surface area contributed by atoms with E-state index in [4.69, 9.17) is 10.5 Å². The van der Waals surface area contributed by atoms with Gasteiger partial charge in [0.25, 0.3) is 0 Å². The van der Waals surface area contributed by atoms with E-state index in [0.29, 0.717) is 13.0 Å². The van der Waals surface area contributed by atoms with Crippen LogP contribution in [0, 0.1) is 0 Å². The van der Waals surface area contributed by atoms with Crippen molar-refractivity contribution in [2.45, 2.75) is 12.0 Å². The molecule has 1 aromatic carbocycles. The van der Waals surface area contributed by atoms with Crippen LogP contribution in [0.4, 0.5) is 0 Å². The minimum absolute atomic E-state index is 0.0344. The zero-order chi connectivity index (χ0) is 9.31. The standard InChI is InChI=1S/C10H13NO2/c11-10(7-12)5-6-13-9-4-2-1-3-8(9)10/h1-4,12H,5-7,11H2. The van der Waals surface area contributed by atoms with Gasteiger partial charge in [0.1, 0.15) is 5.75 Å². The summed E-state index contributed by atoms with van der Waals surface area (Å²) >= 11 is 0. The number of para-hydroxylation sites is 1. The van der Waals surface area contributed by atoms with Gasteiger partial charge in [-0.15, -0.1) is 0 Å². The topological polar surface area (TPSA) is 55.5 Å². The first kappa shape index (κ1) is 8.53. The van der Waals surface area contributed by atoms with Gasteiger partial charge < -0.3 is 15.6 Å². The fourth-order valence-electron chi connectivity index (χ4n) is 1.65. The molecule has 2 rings (SSSR count). The molecule has 0 spiro atoms. The summed E-state index contributed by atoms with van der Waals surface area (Å²) < 4.78 is 5.43. The van der Waals surface area contributed by atoms with Crippen molar-refractivity contribution in [2.24, 2.45) is 5.73 Å². The second-order valence-corrected chi connectivity index (χ2v) is 3.41. The van der Waals surface area contributed by atoms with Crippen LogP contribution in [0.15, 0.2) is 24.3 Å². The molecule has 0 bridgehead atoms. The molecule has 3 heteroatoms. The summed E-state index contributed by atoms with van der Waals surface area (Å²) in [5.74, 6) is 0.797. The Bertz CT molecular complexity index is 314. The first-order chi connectivity index (χ1) is 6.26. The van der Waals surface area contributed by atoms with Crippen molar-refractivity contribution in [1.82, 2.24) is 0 Å². The average Bonchev–Trinajstić information content (AvgIpc) is 2.19. The molecule has 1 aliphatic heterocycles. The molecule has 1 aliphatic rings. The van der Waals surface area contributed by atoms with E-state index in [2.05, 4.69) is 0 Å². The molecule has 0 fully saturated rings. The maximum absolute atomic E-state index is 9.22. The van der Waals surface area contributed by atoms with Crippen LogP contribution in [0.2, 0.25) is 0 Å². The molecule has 1 unspecified atom stereocenters. The van der Waals surface area contributed by atoms with Crippen molar-refractivity contribution in [3.05, 3.63) is 29.8 Å². The Labute approximate surface area is 77.1 Å². The van der Waals surface area contributed by atoms with Crippen LogP contribution in [0.1, 0.15) is 12.0 Å². The second-order valence-electron chi connectivity index (χ2n) is 3.41. The smallest absolute Gasteiger partial charge is 0.124 e. The van der Waals surface area contributed by atoms with Crippen molar-refractivity contribution in [3.8, 4) is 5.75 Å². The first-order valence-corrected chi connectivity index (χ1v) is 4.38. The predicted octanol–water partition coefficient (Wildman–Crippen LogP) is 0.615. The van der Waals surface area contributed by atoms with E-state index < -0.39 is 5.54 Å². The lowest BCUT2D eigenvalue weighted by atomic mass is 9.86. The zero-order valence-electron chi connectivity index (χ0n) is 7.36. The molecular weight excluding hydrogens is 166 g/mol. The highest BCUT2D eigenvalue weighted by molar-refractivity contribution is 5.40. The van der Waals surface area contributed by atoms with Crippen molar-refractivity contribution in [1.29, 1.82) is 0 Å². The molecule has 0 amide bonds. The molecule has 0 aromatic heterocycles. The fourth-order valence-corrected chi connectivity index (χ4v) is 1.65. The Morgan fingerprint density at radius 3 is 3.00 bits per heavy atom. The molecule has 70 valence electrons. The third-order valence-corrected chi connectivity index (χ3v) is 2.51. The molecule has 1 atom stereocenters. The highest BCUT2D eigenvalue weighted by atomic mass is 16.5. The van der Waals surface area contributed by atoms with Crippen LogP contribution in [-0.4, -0.2) is 18.3 Å². The number of hydrogen-bond acceptors (Lipinski definition) is 3. The van der Waals surface area contributed by atoms with E-state index in [9.17, 15) is 5.11 Å². The van der Waals surface area contributed by atoms with Crippen LogP contribution in [0.25, 0.3) is 0 Å². The minimum Gasteiger partial charge on any atom is -0.493 e. The van der Waals surface area contributed by atoms with E-state index in [1.165, 1.54) is 0 Å². The van der Waals surface area contributed by atoms with Gasteiger partial charge in [0.05, 0.1) is 18.8 Å². The summed E-state index contributed by atoms with van der Waals surface area (Å²) in [6.45, 7) is 0.543. The molecular formula is C10H13NO2. The van der Waals surface area contributed by atoms with Crippen LogP contribution in [0.5, 0.6) is 5.75 Å². The Morgan fingerprint density at radius 2 is 2.23 bits per heavy atom. The number of ether oxygens (including phenoxy) is 1. The van der Waals surface area contributed by atoms with Crippen LogP contribution < -0.4 is 10.5 Å². The van der Waals surface area contributed by atoms with Gasteiger partial charge in [0.15, 0.2) is 0 Å². The predicted molar refractivity (Wildman–Crippen MR) is 49.5 cm³/mol. The van der Waals surface area contributed by atoms with E-state index in [1.807, 2.05) is 24.3 Å². The Balaban J connectivity index is 2.48. The number of aliphatic hydroxyl groups is 1. The monoisotopic (exact) mass is 179 g/mol. The number of benzene rings is 1. The lowest BCUT2D eigenvalue weighted by molar-refractivity contribution is 0.138. The normalized spacial score (nSPS) is 26.3. The maximum atomic E-state index is 9.22. The molecule has 0 saturated heterocycles. The van der Waals surface area contributed by atoms with Crippen molar-refractivity contribution >= 4 is 0 Å². The molecule has 3 N–H and O–H groups in total. The summed E-state index contributed by atoms with van der Waals surface area (Å²) in [5, 5.41) is 9.22. The quantitative estimate of drug-likeness (QED) is 0.664. The molecule has 3 nitrogen and oxygen atoms in total. The molecule has 1 heterocycles. The second kappa shape index (κ2) is 3.01. The lowest BCUT2D eigenvalue weighted by Crippen LogP contribution is -2.44. The summed E-state index contributed by atoms with van der Waals surface area (Å²) in [7, 11) is 0. The van der Waals surface area contributed by atoms with Gasteiger partial charge in [-0.25, -0.2) is 0 Å². The number of nitrogens with two attached hydrogens (primary N) is 1. The molecule has 0 aliphatic carbocycles. The number of aliphatic hydroxyl groups excluding tert-OH is 1. The number of fused-ring (bicyclic) bond motifs is 1. The molecule has 13 heavy (non-hydrogen) atoms. The van der Waals surface area contributed by atoms with Gasteiger partial charge in [-0.1, -0.05) is 18.2 Å². The van der Waals surface area contributed by atoms with Gasteiger partial charge in [0.2, 0.25) is 0 Å². The van der Waals surface area contributed by atoms with Crippen molar-refractivity contribution in [2.75, 3.05) is 13.2 Å². The third kappa shape index (κ3) is 1.30. The summed E-state index contributed by atoms with van der Waals surface area (Å²) in [6.07, 6.45) is 0.667. The fraction of sp³-hybridized carbons (Fsp3) is 0.400. The van der Waals surface area contributed by atoms with Crippen molar-refractivity contribution in [3.63, 3.8) is 0 Å². The summed E-state index contributed by atoms with van der Waals surface area (Å²) in [6, 6.07) is 7.60.